The third kappa shape index (κ3) is 4.70. The van der Waals surface area contributed by atoms with Gasteiger partial charge in [0.1, 0.15) is 0 Å². The number of halogens is 4. The first kappa shape index (κ1) is 20.3. The number of aromatic nitrogens is 4. The van der Waals surface area contributed by atoms with E-state index in [2.05, 4.69) is 15.1 Å². The minimum Gasteiger partial charge on any atom is -0.391 e. The number of hydrogen-bond acceptors (Lipinski definition) is 6. The lowest BCUT2D eigenvalue weighted by Crippen LogP contribution is -2.21. The molecule has 0 spiro atoms. The van der Waals surface area contributed by atoms with Crippen LogP contribution in [0, 0.1) is 0 Å². The van der Waals surface area contributed by atoms with Gasteiger partial charge >= 0.3 is 6.18 Å². The van der Waals surface area contributed by atoms with Crippen molar-refractivity contribution < 1.29 is 23.0 Å². The van der Waals surface area contributed by atoms with Crippen LogP contribution in [0.3, 0.4) is 0 Å². The van der Waals surface area contributed by atoms with Crippen molar-refractivity contribution in [3.8, 4) is 11.3 Å². The van der Waals surface area contributed by atoms with E-state index in [9.17, 15) is 13.2 Å². The molecule has 0 saturated carbocycles. The lowest BCUT2D eigenvalue weighted by molar-refractivity contribution is -0.137. The number of nitrogens with zero attached hydrogens (tertiary/aromatic N) is 4. The Morgan fingerprint density at radius 3 is 2.71 bits per heavy atom. The van der Waals surface area contributed by atoms with Gasteiger partial charge in [0.05, 0.1) is 46.9 Å². The van der Waals surface area contributed by atoms with Gasteiger partial charge in [-0.05, 0) is 25.0 Å². The average Bonchev–Trinajstić information content (AvgIpc) is 3.07. The summed E-state index contributed by atoms with van der Waals surface area (Å²) in [5.74, 6) is -0.0271. The second kappa shape index (κ2) is 8.29. The number of alkyl halides is 3. The molecule has 7 nitrogen and oxygen atoms in total. The molecule has 1 aliphatic heterocycles. The number of hydrogen-bond donors (Lipinski definition) is 2. The Morgan fingerprint density at radius 2 is 2.11 bits per heavy atom. The second-order valence-corrected chi connectivity index (χ2v) is 6.50. The van der Waals surface area contributed by atoms with Crippen LogP contribution < -0.4 is 5.73 Å². The number of aliphatic hydroxyl groups is 1. The SMILES string of the molecule is Nc1ncc(Cl)c(-c2cnn3ccc(C(F)(F)F)cc23)n1.OC1CCCOC1. The quantitative estimate of drug-likeness (QED) is 0.633. The van der Waals surface area contributed by atoms with E-state index in [0.29, 0.717) is 12.2 Å². The molecular weight excluding hydrogens is 399 g/mol. The predicted molar refractivity (Wildman–Crippen MR) is 96.7 cm³/mol. The summed E-state index contributed by atoms with van der Waals surface area (Å²) in [6, 6.07) is 1.93. The molecule has 0 amide bonds. The Balaban J connectivity index is 0.000000271. The van der Waals surface area contributed by atoms with Crippen molar-refractivity contribution in [1.82, 2.24) is 19.6 Å². The van der Waals surface area contributed by atoms with Crippen LogP contribution in [-0.4, -0.2) is 44.0 Å². The summed E-state index contributed by atoms with van der Waals surface area (Å²) in [6.45, 7) is 1.37. The maximum atomic E-state index is 12.8. The molecular formula is C17H17ClF3N5O2. The number of nitrogens with two attached hydrogens (primary N) is 1. The molecule has 28 heavy (non-hydrogen) atoms. The molecule has 0 radical (unpaired) electrons. The Kier molecular flexibility index (Phi) is 6.01. The molecule has 1 unspecified atom stereocenters. The minimum absolute atomic E-state index is 0.0271. The van der Waals surface area contributed by atoms with Crippen molar-refractivity contribution in [1.29, 1.82) is 0 Å². The minimum atomic E-state index is -4.45. The number of aliphatic hydroxyl groups excluding tert-OH is 1. The largest absolute Gasteiger partial charge is 0.416 e. The summed E-state index contributed by atoms with van der Waals surface area (Å²) in [4.78, 5) is 7.67. The molecule has 0 aliphatic carbocycles. The fraction of sp³-hybridized carbons (Fsp3) is 0.353. The Bertz CT molecular complexity index is 958. The van der Waals surface area contributed by atoms with Crippen LogP contribution in [0.2, 0.25) is 5.02 Å². The molecule has 1 atom stereocenters. The highest BCUT2D eigenvalue weighted by Gasteiger charge is 2.31. The topological polar surface area (TPSA) is 98.6 Å². The summed E-state index contributed by atoms with van der Waals surface area (Å²) < 4.78 is 44.6. The number of fused-ring (bicyclic) bond motifs is 1. The zero-order valence-corrected chi connectivity index (χ0v) is 15.3. The zero-order valence-electron chi connectivity index (χ0n) is 14.5. The van der Waals surface area contributed by atoms with Crippen molar-refractivity contribution in [3.05, 3.63) is 41.3 Å². The highest BCUT2D eigenvalue weighted by atomic mass is 35.5. The Morgan fingerprint density at radius 1 is 1.32 bits per heavy atom. The van der Waals surface area contributed by atoms with E-state index in [0.717, 1.165) is 31.6 Å². The van der Waals surface area contributed by atoms with Crippen molar-refractivity contribution in [2.75, 3.05) is 18.9 Å². The van der Waals surface area contributed by atoms with Gasteiger partial charge < -0.3 is 15.6 Å². The highest BCUT2D eigenvalue weighted by Crippen LogP contribution is 2.34. The number of anilines is 1. The van der Waals surface area contributed by atoms with E-state index in [1.54, 1.807) is 0 Å². The normalized spacial score (nSPS) is 17.2. The van der Waals surface area contributed by atoms with Crippen molar-refractivity contribution >= 4 is 23.1 Å². The first-order valence-corrected chi connectivity index (χ1v) is 8.72. The molecule has 1 fully saturated rings. The first-order chi connectivity index (χ1) is 13.3. The third-order valence-electron chi connectivity index (χ3n) is 4.00. The summed E-state index contributed by atoms with van der Waals surface area (Å²) in [5, 5.41) is 12.9. The van der Waals surface area contributed by atoms with Gasteiger partial charge in [-0.2, -0.15) is 18.3 Å². The molecule has 4 heterocycles. The van der Waals surface area contributed by atoms with Crippen molar-refractivity contribution in [2.45, 2.75) is 25.1 Å². The van der Waals surface area contributed by atoms with E-state index in [4.69, 9.17) is 27.2 Å². The van der Waals surface area contributed by atoms with E-state index in [1.165, 1.54) is 23.1 Å². The summed E-state index contributed by atoms with van der Waals surface area (Å²) >= 11 is 5.98. The Labute approximate surface area is 162 Å². The number of rotatable bonds is 1. The molecule has 11 heteroatoms. The summed E-state index contributed by atoms with van der Waals surface area (Å²) in [7, 11) is 0. The van der Waals surface area contributed by atoms with Gasteiger partial charge in [-0.3, -0.25) is 0 Å². The van der Waals surface area contributed by atoms with E-state index in [-0.39, 0.29) is 28.3 Å². The summed E-state index contributed by atoms with van der Waals surface area (Å²) in [5.41, 5.74) is 5.52. The van der Waals surface area contributed by atoms with Crippen LogP contribution in [0.4, 0.5) is 19.1 Å². The van der Waals surface area contributed by atoms with Crippen LogP contribution in [-0.2, 0) is 10.9 Å². The lowest BCUT2D eigenvalue weighted by Gasteiger charge is -2.15. The van der Waals surface area contributed by atoms with Crippen molar-refractivity contribution in [3.63, 3.8) is 0 Å². The fourth-order valence-electron chi connectivity index (χ4n) is 2.63. The van der Waals surface area contributed by atoms with Crippen LogP contribution in [0.15, 0.2) is 30.7 Å². The van der Waals surface area contributed by atoms with E-state index >= 15 is 0 Å². The average molecular weight is 416 g/mol. The predicted octanol–water partition coefficient (Wildman–Crippen LogP) is 3.20. The molecule has 3 aromatic rings. The molecule has 3 aromatic heterocycles. The maximum absolute atomic E-state index is 12.8. The molecule has 1 aliphatic rings. The highest BCUT2D eigenvalue weighted by molar-refractivity contribution is 6.33. The summed E-state index contributed by atoms with van der Waals surface area (Å²) in [6.07, 6.45) is 1.19. The zero-order chi connectivity index (χ0) is 20.3. The number of ether oxygens (including phenoxy) is 1. The van der Waals surface area contributed by atoms with Gasteiger partial charge in [-0.25, -0.2) is 14.5 Å². The first-order valence-electron chi connectivity index (χ1n) is 8.34. The van der Waals surface area contributed by atoms with Crippen LogP contribution in [0.1, 0.15) is 18.4 Å². The smallest absolute Gasteiger partial charge is 0.391 e. The molecule has 150 valence electrons. The molecule has 4 rings (SSSR count). The standard InChI is InChI=1S/C12H7ClF3N5.C5H10O2/c13-8-5-18-11(17)20-10(8)7-4-19-21-2-1-6(3-9(7)21)12(14,15)16;6-5-2-1-3-7-4-5/h1-5H,(H2,17,18,20);5-6H,1-4H2. The molecule has 0 bridgehead atoms. The number of nitrogen functional groups attached to an aromatic ring is 1. The Hall–Kier alpha value is -2.43. The van der Waals surface area contributed by atoms with Crippen LogP contribution in [0.25, 0.3) is 16.8 Å². The number of pyridine rings is 1. The molecule has 3 N–H and O–H groups in total. The molecule has 1 saturated heterocycles. The van der Waals surface area contributed by atoms with Gasteiger partial charge in [0.15, 0.2) is 0 Å². The van der Waals surface area contributed by atoms with Gasteiger partial charge in [0.2, 0.25) is 5.95 Å². The third-order valence-corrected chi connectivity index (χ3v) is 4.28. The van der Waals surface area contributed by atoms with Crippen LogP contribution >= 0.6 is 11.6 Å². The van der Waals surface area contributed by atoms with Crippen molar-refractivity contribution in [2.24, 2.45) is 0 Å². The second-order valence-electron chi connectivity index (χ2n) is 6.10. The lowest BCUT2D eigenvalue weighted by atomic mass is 10.1. The van der Waals surface area contributed by atoms with E-state index in [1.807, 2.05) is 0 Å². The van der Waals surface area contributed by atoms with Gasteiger partial charge in [-0.1, -0.05) is 11.6 Å². The van der Waals surface area contributed by atoms with Gasteiger partial charge in [0.25, 0.3) is 0 Å². The molecule has 0 aromatic carbocycles. The van der Waals surface area contributed by atoms with E-state index < -0.39 is 11.7 Å². The monoisotopic (exact) mass is 415 g/mol. The van der Waals surface area contributed by atoms with Crippen LogP contribution in [0.5, 0.6) is 0 Å². The van der Waals surface area contributed by atoms with Gasteiger partial charge in [0, 0.05) is 18.4 Å². The maximum Gasteiger partial charge on any atom is 0.416 e. The van der Waals surface area contributed by atoms with Gasteiger partial charge in [-0.15, -0.1) is 0 Å². The fourth-order valence-corrected chi connectivity index (χ4v) is 2.83.